The van der Waals surface area contributed by atoms with Crippen LogP contribution >= 0.6 is 0 Å². The molecule has 0 amide bonds. The molecule has 111 heavy (non-hydrogen) atoms. The van der Waals surface area contributed by atoms with Crippen LogP contribution < -0.4 is 19.3 Å². The van der Waals surface area contributed by atoms with Gasteiger partial charge in [0.1, 0.15) is 46.3 Å². The summed E-state index contributed by atoms with van der Waals surface area (Å²) in [5, 5.41) is 0. The Bertz CT molecular complexity index is 6040. The van der Waals surface area contributed by atoms with Crippen molar-refractivity contribution in [2.75, 3.05) is 9.80 Å². The van der Waals surface area contributed by atoms with Gasteiger partial charge in [-0.1, -0.05) is 219 Å². The molecule has 0 radical (unpaired) electrons. The predicted molar refractivity (Wildman–Crippen MR) is 440 cm³/mol. The standard InChI is InChI=1S/C103H66F4N2O2/c1-3-65-27-47-81(48-28-65)110-83-51-31-67(32-52-83)101(69-15-13-17-73(106)59-69)93-23-9-5-19-85(93)89-55-43-77(61-97(89)101)108(75-39-35-71(104)36-40-75)79-45-57-91-87-21-7-11-25-95(87)103(99(91)63-79)96-26-12-8-22-88(96)92-58-46-80(64-100(92)103)109(76-41-37-72(105)38-42-76)78-44-56-90-86-20-6-10-24-94(86)102(98(90)62-78,70-16-14-18-74(107)60-70)68-33-53-84(54-34-68)111-82-49-29-66(4-2)30-50-82/h3-64H,1-2H2. The maximum Gasteiger partial charge on any atom is 0.127 e. The van der Waals surface area contributed by atoms with Gasteiger partial charge < -0.3 is 19.3 Å². The van der Waals surface area contributed by atoms with Crippen LogP contribution in [-0.4, -0.2) is 0 Å². The van der Waals surface area contributed by atoms with E-state index < -0.39 is 16.2 Å². The van der Waals surface area contributed by atoms with Crippen LogP contribution in [0.5, 0.6) is 23.0 Å². The van der Waals surface area contributed by atoms with Crippen LogP contribution in [0, 0.1) is 23.3 Å². The topological polar surface area (TPSA) is 24.9 Å². The maximum atomic E-state index is 16.3. The number of nitrogens with zero attached hydrogens (tertiary/aromatic N) is 2. The number of ether oxygens (including phenoxy) is 2. The lowest BCUT2D eigenvalue weighted by Crippen LogP contribution is -2.29. The van der Waals surface area contributed by atoms with E-state index in [-0.39, 0.29) is 23.3 Å². The van der Waals surface area contributed by atoms with Crippen molar-refractivity contribution in [3.05, 3.63) is 478 Å². The Balaban J connectivity index is 0.764. The summed E-state index contributed by atoms with van der Waals surface area (Å²) >= 11 is 0. The lowest BCUT2D eigenvalue weighted by Gasteiger charge is -2.35. The summed E-state index contributed by atoms with van der Waals surface area (Å²) in [6, 6.07) is 120. The Morgan fingerprint density at radius 3 is 0.793 bits per heavy atom. The first kappa shape index (κ1) is 66.4. The normalized spacial score (nSPS) is 16.1. The smallest absolute Gasteiger partial charge is 0.127 e. The molecule has 0 aromatic heterocycles. The van der Waals surface area contributed by atoms with Crippen molar-refractivity contribution in [1.29, 1.82) is 0 Å². The zero-order chi connectivity index (χ0) is 74.7. The van der Waals surface area contributed by atoms with Crippen molar-refractivity contribution in [3.8, 4) is 67.5 Å². The van der Waals surface area contributed by atoms with Gasteiger partial charge >= 0.3 is 0 Å². The molecule has 8 heteroatoms. The Kier molecular flexibility index (Phi) is 15.6. The maximum absolute atomic E-state index is 16.3. The number of benzene rings is 16. The third-order valence-corrected chi connectivity index (χ3v) is 23.1. The summed E-state index contributed by atoms with van der Waals surface area (Å²) in [7, 11) is 0. The van der Waals surface area contributed by atoms with Crippen molar-refractivity contribution in [1.82, 2.24) is 0 Å². The molecular weight excluding hydrogens is 1370 g/mol. The molecule has 0 N–H and O–H groups in total. The number of halogens is 4. The Morgan fingerprint density at radius 2 is 0.486 bits per heavy atom. The molecule has 0 fully saturated rings. The van der Waals surface area contributed by atoms with Crippen molar-refractivity contribution < 1.29 is 27.0 Å². The number of anilines is 6. The molecule has 528 valence electrons. The fourth-order valence-electron chi connectivity index (χ4n) is 18.5. The van der Waals surface area contributed by atoms with Gasteiger partial charge in [0.25, 0.3) is 0 Å². The van der Waals surface area contributed by atoms with Gasteiger partial charge in [0.05, 0.1) is 16.2 Å². The van der Waals surface area contributed by atoms with Crippen LogP contribution in [0.1, 0.15) is 77.9 Å². The van der Waals surface area contributed by atoms with E-state index in [9.17, 15) is 0 Å². The highest BCUT2D eigenvalue weighted by atomic mass is 19.1. The van der Waals surface area contributed by atoms with Gasteiger partial charge in [-0.3, -0.25) is 0 Å². The molecule has 2 unspecified atom stereocenters. The molecule has 2 atom stereocenters. The lowest BCUT2D eigenvalue weighted by atomic mass is 9.67. The summed E-state index contributed by atoms with van der Waals surface area (Å²) < 4.78 is 76.6. The summed E-state index contributed by atoms with van der Waals surface area (Å²) in [4.78, 5) is 4.42. The highest BCUT2D eigenvalue weighted by molar-refractivity contribution is 5.99. The second-order valence-corrected chi connectivity index (χ2v) is 28.8. The molecule has 0 bridgehead atoms. The minimum absolute atomic E-state index is 0.362. The fourth-order valence-corrected chi connectivity index (χ4v) is 18.5. The van der Waals surface area contributed by atoms with E-state index in [0.29, 0.717) is 23.0 Å². The van der Waals surface area contributed by atoms with Crippen LogP contribution in [0.15, 0.2) is 377 Å². The van der Waals surface area contributed by atoms with E-state index in [0.717, 1.165) is 157 Å². The lowest BCUT2D eigenvalue weighted by molar-refractivity contribution is 0.482. The first-order valence-corrected chi connectivity index (χ1v) is 37.1. The highest BCUT2D eigenvalue weighted by Gasteiger charge is 2.53. The van der Waals surface area contributed by atoms with E-state index in [1.54, 1.807) is 36.4 Å². The molecule has 1 spiro atoms. The second kappa shape index (κ2) is 26.1. The predicted octanol–water partition coefficient (Wildman–Crippen LogP) is 27.1. The summed E-state index contributed by atoms with van der Waals surface area (Å²) in [5.74, 6) is 1.17. The number of hydrogen-bond acceptors (Lipinski definition) is 4. The molecular formula is C103H66F4N2O2. The third kappa shape index (κ3) is 10.3. The highest BCUT2D eigenvalue weighted by Crippen LogP contribution is 2.66. The van der Waals surface area contributed by atoms with Gasteiger partial charge in [0, 0.05) is 34.1 Å². The molecule has 0 heterocycles. The van der Waals surface area contributed by atoms with Gasteiger partial charge in [-0.25, -0.2) is 17.6 Å². The van der Waals surface area contributed by atoms with E-state index in [1.165, 1.54) is 36.4 Å². The molecule has 4 nitrogen and oxygen atoms in total. The van der Waals surface area contributed by atoms with Crippen LogP contribution in [-0.2, 0) is 16.2 Å². The largest absolute Gasteiger partial charge is 0.457 e. The van der Waals surface area contributed by atoms with Crippen molar-refractivity contribution in [2.45, 2.75) is 16.2 Å². The van der Waals surface area contributed by atoms with Gasteiger partial charge in [0.2, 0.25) is 0 Å². The van der Waals surface area contributed by atoms with Crippen LogP contribution in [0.25, 0.3) is 56.7 Å². The van der Waals surface area contributed by atoms with Gasteiger partial charge in [-0.2, -0.15) is 0 Å². The van der Waals surface area contributed by atoms with Crippen LogP contribution in [0.4, 0.5) is 51.7 Å². The SMILES string of the molecule is C=Cc1ccc(Oc2ccc(C3(c4cccc(F)c4)c4ccccc4-c4ccc(N(c5ccc(F)cc5)c5ccc6c(c5)C5(c7ccccc7-6)c6ccccc6-c6ccc(N(c7ccc(F)cc7)c7ccc8c(c7)C(c7ccc(Oc9ccc(C=C)cc9)cc7)(c7cccc(F)c7)c7ccccc7-8)cc65)cc43)cc2)cc1. The third-order valence-electron chi connectivity index (χ3n) is 23.1. The number of fused-ring (bicyclic) bond motifs is 16. The Morgan fingerprint density at radius 1 is 0.216 bits per heavy atom. The monoisotopic (exact) mass is 1440 g/mol. The Labute approximate surface area is 641 Å². The minimum atomic E-state index is -1.04. The summed E-state index contributed by atoms with van der Waals surface area (Å²) in [6.45, 7) is 7.83. The van der Waals surface area contributed by atoms with Gasteiger partial charge in [-0.05, 0) is 292 Å². The molecule has 0 saturated carbocycles. The van der Waals surface area contributed by atoms with E-state index >= 15 is 17.6 Å². The molecule has 4 aliphatic rings. The van der Waals surface area contributed by atoms with Crippen LogP contribution in [0.2, 0.25) is 0 Å². The zero-order valence-corrected chi connectivity index (χ0v) is 59.9. The quantitative estimate of drug-likeness (QED) is 0.0900. The van der Waals surface area contributed by atoms with Crippen molar-refractivity contribution in [3.63, 3.8) is 0 Å². The average Bonchev–Trinajstić information content (AvgIpc) is 1.40. The fraction of sp³-hybridized carbons (Fsp3) is 0.0291. The molecule has 4 aliphatic carbocycles. The van der Waals surface area contributed by atoms with E-state index in [4.69, 9.17) is 9.47 Å². The summed E-state index contributed by atoms with van der Waals surface area (Å²) in [5.41, 5.74) is 23.4. The zero-order valence-electron chi connectivity index (χ0n) is 59.9. The number of rotatable bonds is 16. The number of hydrogen-bond donors (Lipinski definition) is 0. The van der Waals surface area contributed by atoms with Gasteiger partial charge in [0.15, 0.2) is 0 Å². The molecule has 0 saturated heterocycles. The first-order valence-electron chi connectivity index (χ1n) is 37.1. The van der Waals surface area contributed by atoms with E-state index in [2.05, 4.69) is 205 Å². The molecule has 0 aliphatic heterocycles. The van der Waals surface area contributed by atoms with E-state index in [1.807, 2.05) is 121 Å². The van der Waals surface area contributed by atoms with Gasteiger partial charge in [-0.15, -0.1) is 0 Å². The summed E-state index contributed by atoms with van der Waals surface area (Å²) in [6.07, 6.45) is 3.60. The molecule has 16 aromatic rings. The average molecular weight is 1440 g/mol. The molecule has 20 rings (SSSR count). The first-order chi connectivity index (χ1) is 54.5. The second-order valence-electron chi connectivity index (χ2n) is 28.8. The van der Waals surface area contributed by atoms with Crippen molar-refractivity contribution >= 4 is 46.3 Å². The molecule has 16 aromatic carbocycles. The Hall–Kier alpha value is -14.1. The van der Waals surface area contributed by atoms with Crippen LogP contribution in [0.3, 0.4) is 0 Å². The van der Waals surface area contributed by atoms with Crippen molar-refractivity contribution in [2.24, 2.45) is 0 Å². The minimum Gasteiger partial charge on any atom is -0.457 e.